The van der Waals surface area contributed by atoms with Gasteiger partial charge in [0.2, 0.25) is 11.8 Å². The lowest BCUT2D eigenvalue weighted by molar-refractivity contribution is -0.128. The third-order valence-electron chi connectivity index (χ3n) is 3.55. The van der Waals surface area contributed by atoms with Crippen LogP contribution in [-0.2, 0) is 9.59 Å². The average molecular weight is 324 g/mol. The lowest BCUT2D eigenvalue weighted by Gasteiger charge is -2.12. The summed E-state index contributed by atoms with van der Waals surface area (Å²) in [5.74, 6) is -0.411. The molecule has 0 radical (unpaired) electrons. The summed E-state index contributed by atoms with van der Waals surface area (Å²) in [5.41, 5.74) is 0.803. The third-order valence-corrected chi connectivity index (χ3v) is 4.72. The summed E-state index contributed by atoms with van der Waals surface area (Å²) in [6, 6.07) is 5.41. The third kappa shape index (κ3) is 2.87. The average Bonchev–Trinajstić information content (AvgIpc) is 3.01. The molecule has 0 saturated carbocycles. The van der Waals surface area contributed by atoms with Crippen LogP contribution >= 0.6 is 22.9 Å². The molecule has 1 atom stereocenters. The van der Waals surface area contributed by atoms with Crippen LogP contribution in [0.5, 0.6) is 0 Å². The van der Waals surface area contributed by atoms with Crippen LogP contribution in [-0.4, -0.2) is 34.8 Å². The molecule has 2 heterocycles. The highest BCUT2D eigenvalue weighted by atomic mass is 35.5. The summed E-state index contributed by atoms with van der Waals surface area (Å²) in [7, 11) is 0. The zero-order valence-corrected chi connectivity index (χ0v) is 13.0. The molecule has 0 spiro atoms. The maximum Gasteiger partial charge on any atom is 0.231 e. The maximum atomic E-state index is 12.2. The Hall–Kier alpha value is -1.66. The van der Waals surface area contributed by atoms with Gasteiger partial charge in [-0.2, -0.15) is 0 Å². The second kappa shape index (κ2) is 5.61. The first-order valence-corrected chi connectivity index (χ1v) is 7.91. The molecule has 21 heavy (non-hydrogen) atoms. The molecule has 1 N–H and O–H groups in total. The van der Waals surface area contributed by atoms with Crippen LogP contribution in [0.15, 0.2) is 18.2 Å². The van der Waals surface area contributed by atoms with Crippen LogP contribution in [0.4, 0.5) is 5.13 Å². The van der Waals surface area contributed by atoms with Gasteiger partial charge in [0, 0.05) is 24.5 Å². The van der Waals surface area contributed by atoms with Gasteiger partial charge in [-0.3, -0.25) is 9.59 Å². The molecule has 110 valence electrons. The van der Waals surface area contributed by atoms with E-state index in [0.29, 0.717) is 23.2 Å². The number of nitrogens with zero attached hydrogens (tertiary/aromatic N) is 2. The van der Waals surface area contributed by atoms with E-state index in [1.54, 1.807) is 11.0 Å². The molecule has 3 rings (SSSR count). The van der Waals surface area contributed by atoms with E-state index < -0.39 is 0 Å². The standard InChI is InChI=1S/C14H14ClN3O2S/c1-2-18-7-8(5-12(18)19)13(20)17-14-16-10-4-3-9(15)6-11(10)21-14/h3-4,6,8H,2,5,7H2,1H3,(H,16,17,20). The van der Waals surface area contributed by atoms with E-state index in [9.17, 15) is 9.59 Å². The highest BCUT2D eigenvalue weighted by molar-refractivity contribution is 7.22. The number of fused-ring (bicyclic) bond motifs is 1. The number of carbonyl (C=O) groups excluding carboxylic acids is 2. The summed E-state index contributed by atoms with van der Waals surface area (Å²) < 4.78 is 0.926. The normalized spacial score (nSPS) is 18.5. The van der Waals surface area contributed by atoms with Crippen LogP contribution in [0, 0.1) is 5.92 Å². The monoisotopic (exact) mass is 323 g/mol. The van der Waals surface area contributed by atoms with Crippen molar-refractivity contribution in [2.75, 3.05) is 18.4 Å². The number of carbonyl (C=O) groups is 2. The molecule has 1 aromatic carbocycles. The number of thiazole rings is 1. The van der Waals surface area contributed by atoms with Crippen LogP contribution in [0.3, 0.4) is 0 Å². The van der Waals surface area contributed by atoms with E-state index in [1.165, 1.54) is 11.3 Å². The van der Waals surface area contributed by atoms with Crippen molar-refractivity contribution >= 4 is 50.1 Å². The van der Waals surface area contributed by atoms with Gasteiger partial charge in [0.05, 0.1) is 16.1 Å². The predicted molar refractivity (Wildman–Crippen MR) is 83.6 cm³/mol. The Balaban J connectivity index is 1.73. The number of amides is 2. The summed E-state index contributed by atoms with van der Waals surface area (Å²) in [6.45, 7) is 3.04. The molecular weight excluding hydrogens is 310 g/mol. The second-order valence-corrected chi connectivity index (χ2v) is 6.42. The zero-order valence-electron chi connectivity index (χ0n) is 11.4. The summed E-state index contributed by atoms with van der Waals surface area (Å²) >= 11 is 7.31. The van der Waals surface area contributed by atoms with Crippen molar-refractivity contribution in [3.05, 3.63) is 23.2 Å². The van der Waals surface area contributed by atoms with Crippen molar-refractivity contribution in [2.45, 2.75) is 13.3 Å². The number of anilines is 1. The first-order valence-electron chi connectivity index (χ1n) is 6.71. The maximum absolute atomic E-state index is 12.2. The number of nitrogens with one attached hydrogen (secondary N) is 1. The number of hydrogen-bond acceptors (Lipinski definition) is 4. The quantitative estimate of drug-likeness (QED) is 0.944. The van der Waals surface area contributed by atoms with Crippen molar-refractivity contribution in [1.29, 1.82) is 0 Å². The molecule has 1 saturated heterocycles. The molecule has 5 nitrogen and oxygen atoms in total. The fraction of sp³-hybridized carbons (Fsp3) is 0.357. The SMILES string of the molecule is CCN1CC(C(=O)Nc2nc3ccc(Cl)cc3s2)CC1=O. The number of halogens is 1. The molecule has 0 aliphatic carbocycles. The van der Waals surface area contributed by atoms with Gasteiger partial charge in [0.25, 0.3) is 0 Å². The fourth-order valence-corrected chi connectivity index (χ4v) is 3.56. The lowest BCUT2D eigenvalue weighted by Crippen LogP contribution is -2.28. The van der Waals surface area contributed by atoms with Crippen LogP contribution in [0.1, 0.15) is 13.3 Å². The highest BCUT2D eigenvalue weighted by Gasteiger charge is 2.33. The molecule has 1 fully saturated rings. The predicted octanol–water partition coefficient (Wildman–Crippen LogP) is 2.76. The molecule has 2 amide bonds. The molecule has 7 heteroatoms. The lowest BCUT2D eigenvalue weighted by atomic mass is 10.1. The van der Waals surface area contributed by atoms with Crippen molar-refractivity contribution in [2.24, 2.45) is 5.92 Å². The minimum absolute atomic E-state index is 0.0359. The second-order valence-electron chi connectivity index (χ2n) is 4.95. The largest absolute Gasteiger partial charge is 0.342 e. The van der Waals surface area contributed by atoms with Gasteiger partial charge >= 0.3 is 0 Å². The highest BCUT2D eigenvalue weighted by Crippen LogP contribution is 2.29. The Morgan fingerprint density at radius 1 is 1.57 bits per heavy atom. The molecule has 1 unspecified atom stereocenters. The minimum atomic E-state index is -0.298. The minimum Gasteiger partial charge on any atom is -0.342 e. The number of rotatable bonds is 3. The molecular formula is C14H14ClN3O2S. The van der Waals surface area contributed by atoms with E-state index in [1.807, 2.05) is 19.1 Å². The van der Waals surface area contributed by atoms with Crippen molar-refractivity contribution in [3.63, 3.8) is 0 Å². The van der Waals surface area contributed by atoms with Crippen molar-refractivity contribution in [3.8, 4) is 0 Å². The van der Waals surface area contributed by atoms with Gasteiger partial charge in [-0.15, -0.1) is 0 Å². The van der Waals surface area contributed by atoms with Crippen molar-refractivity contribution < 1.29 is 9.59 Å². The van der Waals surface area contributed by atoms with Gasteiger partial charge in [0.15, 0.2) is 5.13 Å². The summed E-state index contributed by atoms with van der Waals surface area (Å²) in [5, 5.41) is 3.99. The molecule has 1 aliphatic rings. The van der Waals surface area contributed by atoms with Gasteiger partial charge in [-0.1, -0.05) is 22.9 Å². The molecule has 2 aromatic rings. The van der Waals surface area contributed by atoms with Gasteiger partial charge in [-0.05, 0) is 25.1 Å². The number of aromatic nitrogens is 1. The molecule has 0 bridgehead atoms. The van der Waals surface area contributed by atoms with E-state index in [4.69, 9.17) is 11.6 Å². The van der Waals surface area contributed by atoms with Gasteiger partial charge in [-0.25, -0.2) is 4.98 Å². The smallest absolute Gasteiger partial charge is 0.231 e. The fourth-order valence-electron chi connectivity index (χ4n) is 2.41. The van der Waals surface area contributed by atoms with E-state index in [2.05, 4.69) is 10.3 Å². The van der Waals surface area contributed by atoms with Crippen molar-refractivity contribution in [1.82, 2.24) is 9.88 Å². The number of hydrogen-bond donors (Lipinski definition) is 1. The number of benzene rings is 1. The Kier molecular flexibility index (Phi) is 3.82. The molecule has 1 aliphatic heterocycles. The van der Waals surface area contributed by atoms with Gasteiger partial charge < -0.3 is 10.2 Å². The zero-order chi connectivity index (χ0) is 15.0. The van der Waals surface area contributed by atoms with Crippen LogP contribution < -0.4 is 5.32 Å². The Bertz CT molecular complexity index is 715. The van der Waals surface area contributed by atoms with Gasteiger partial charge in [0.1, 0.15) is 0 Å². The first kappa shape index (κ1) is 14.3. The Labute approximate surface area is 130 Å². The summed E-state index contributed by atoms with van der Waals surface area (Å²) in [6.07, 6.45) is 0.274. The topological polar surface area (TPSA) is 62.3 Å². The Morgan fingerprint density at radius 2 is 2.38 bits per heavy atom. The van der Waals surface area contributed by atoms with E-state index >= 15 is 0 Å². The van der Waals surface area contributed by atoms with E-state index in [0.717, 1.165) is 10.2 Å². The Morgan fingerprint density at radius 3 is 3.10 bits per heavy atom. The summed E-state index contributed by atoms with van der Waals surface area (Å²) in [4.78, 5) is 29.9. The van der Waals surface area contributed by atoms with Crippen LogP contribution in [0.2, 0.25) is 5.02 Å². The first-order chi connectivity index (χ1) is 10.1. The number of likely N-dealkylation sites (tertiary alicyclic amines) is 1. The molecule has 1 aromatic heterocycles. The van der Waals surface area contributed by atoms with Crippen LogP contribution in [0.25, 0.3) is 10.2 Å². The van der Waals surface area contributed by atoms with E-state index in [-0.39, 0.29) is 24.2 Å².